The molecular formula is C19H16F8O2. The van der Waals surface area contributed by atoms with Crippen LogP contribution >= 0.6 is 0 Å². The van der Waals surface area contributed by atoms with E-state index in [1.54, 1.807) is 13.8 Å². The second kappa shape index (κ2) is 6.43. The van der Waals surface area contributed by atoms with Crippen LogP contribution in [-0.2, 0) is 28.5 Å². The van der Waals surface area contributed by atoms with Gasteiger partial charge in [-0.05, 0) is 23.5 Å². The van der Waals surface area contributed by atoms with Crippen molar-refractivity contribution in [2.24, 2.45) is 17.3 Å². The first-order valence-electron chi connectivity index (χ1n) is 8.58. The second-order valence-corrected chi connectivity index (χ2v) is 7.83. The smallest absolute Gasteiger partial charge is 0.416 e. The number of carbonyl (C=O) groups is 1. The highest BCUT2D eigenvalue weighted by molar-refractivity contribution is 5.78. The molecule has 2 atom stereocenters. The van der Waals surface area contributed by atoms with Crippen LogP contribution in [0.5, 0.6) is 0 Å². The molecule has 2 nitrogen and oxygen atoms in total. The molecule has 10 heteroatoms. The molecule has 0 aromatic heterocycles. The van der Waals surface area contributed by atoms with Crippen LogP contribution in [0.2, 0.25) is 0 Å². The van der Waals surface area contributed by atoms with Crippen molar-refractivity contribution in [2.45, 2.75) is 45.2 Å². The van der Waals surface area contributed by atoms with Crippen LogP contribution in [0.15, 0.2) is 29.8 Å². The summed E-state index contributed by atoms with van der Waals surface area (Å²) in [6.45, 7) is 1.95. The highest BCUT2D eigenvalue weighted by atomic mass is 19.4. The van der Waals surface area contributed by atoms with Gasteiger partial charge in [0.05, 0.1) is 17.0 Å². The van der Waals surface area contributed by atoms with Gasteiger partial charge in [-0.15, -0.1) is 0 Å². The summed E-state index contributed by atoms with van der Waals surface area (Å²) in [4.78, 5) is 12.3. The van der Waals surface area contributed by atoms with Gasteiger partial charge in [0, 0.05) is 17.6 Å². The summed E-state index contributed by atoms with van der Waals surface area (Å²) in [5.74, 6) is -5.47. The molecule has 0 N–H and O–H groups in total. The van der Waals surface area contributed by atoms with E-state index < -0.39 is 71.2 Å². The number of hydrogen-bond donors (Lipinski definition) is 0. The predicted molar refractivity (Wildman–Crippen MR) is 84.7 cm³/mol. The number of hydrogen-bond acceptors (Lipinski definition) is 2. The number of halogens is 8. The van der Waals surface area contributed by atoms with Gasteiger partial charge < -0.3 is 4.74 Å². The van der Waals surface area contributed by atoms with Gasteiger partial charge in [0.15, 0.2) is 0 Å². The summed E-state index contributed by atoms with van der Waals surface area (Å²) in [5.41, 5.74) is -5.20. The van der Waals surface area contributed by atoms with E-state index >= 15 is 0 Å². The van der Waals surface area contributed by atoms with Crippen molar-refractivity contribution >= 4 is 5.97 Å². The standard InChI is InChI=1S/C19H16F8O2/c1-16(2)13(6-9-7-17(9,20)21)14(16)15(28)29-8-10-11(18(22,23)24)4-3-5-12(10)19(25,26)27/h3-6,13-14H,7-8H2,1-2H3. The molecule has 0 radical (unpaired) electrons. The maximum atomic E-state index is 13.1. The molecular weight excluding hydrogens is 412 g/mol. The Bertz CT molecular complexity index is 832. The molecule has 3 rings (SSSR count). The monoisotopic (exact) mass is 428 g/mol. The van der Waals surface area contributed by atoms with Crippen molar-refractivity contribution in [3.63, 3.8) is 0 Å². The van der Waals surface area contributed by atoms with E-state index in [0.29, 0.717) is 18.2 Å². The fourth-order valence-corrected chi connectivity index (χ4v) is 3.54. The van der Waals surface area contributed by atoms with Crippen molar-refractivity contribution in [3.8, 4) is 0 Å². The molecule has 0 heterocycles. The van der Waals surface area contributed by atoms with E-state index in [9.17, 15) is 39.9 Å². The Labute approximate surface area is 160 Å². The van der Waals surface area contributed by atoms with E-state index in [1.165, 1.54) is 6.08 Å². The molecule has 0 spiro atoms. The first-order valence-corrected chi connectivity index (χ1v) is 8.58. The average molecular weight is 428 g/mol. The van der Waals surface area contributed by atoms with Gasteiger partial charge in [0.25, 0.3) is 5.92 Å². The van der Waals surface area contributed by atoms with Crippen LogP contribution in [0.3, 0.4) is 0 Å². The Morgan fingerprint density at radius 2 is 1.59 bits per heavy atom. The normalized spacial score (nSPS) is 26.3. The van der Waals surface area contributed by atoms with E-state index in [1.807, 2.05) is 0 Å². The third-order valence-corrected chi connectivity index (χ3v) is 5.45. The molecule has 2 saturated carbocycles. The Morgan fingerprint density at radius 3 is 2.00 bits per heavy atom. The third-order valence-electron chi connectivity index (χ3n) is 5.45. The number of allylic oxidation sites excluding steroid dienone is 2. The maximum Gasteiger partial charge on any atom is 0.416 e. The number of carbonyl (C=O) groups excluding carboxylic acids is 1. The Morgan fingerprint density at radius 1 is 1.10 bits per heavy atom. The maximum absolute atomic E-state index is 13.1. The van der Waals surface area contributed by atoms with Gasteiger partial charge in [0.1, 0.15) is 6.61 Å². The van der Waals surface area contributed by atoms with Crippen LogP contribution in [0.1, 0.15) is 37.0 Å². The van der Waals surface area contributed by atoms with Crippen LogP contribution < -0.4 is 0 Å². The van der Waals surface area contributed by atoms with Gasteiger partial charge >= 0.3 is 18.3 Å². The summed E-state index contributed by atoms with van der Waals surface area (Å²) >= 11 is 0. The summed E-state index contributed by atoms with van der Waals surface area (Å²) in [7, 11) is 0. The fourth-order valence-electron chi connectivity index (χ4n) is 3.54. The molecule has 1 aromatic carbocycles. The molecule has 2 aliphatic rings. The highest BCUT2D eigenvalue weighted by Gasteiger charge is 2.63. The summed E-state index contributed by atoms with van der Waals surface area (Å²) in [6.07, 6.45) is -9.33. The molecule has 29 heavy (non-hydrogen) atoms. The Kier molecular flexibility index (Phi) is 4.79. The molecule has 2 aliphatic carbocycles. The van der Waals surface area contributed by atoms with Crippen molar-refractivity contribution in [1.82, 2.24) is 0 Å². The average Bonchev–Trinajstić information content (AvgIpc) is 3.34. The lowest BCUT2D eigenvalue weighted by molar-refractivity contribution is -0.153. The Balaban J connectivity index is 1.80. The fraction of sp³-hybridized carbons (Fsp3) is 0.526. The van der Waals surface area contributed by atoms with Crippen LogP contribution in [0, 0.1) is 17.3 Å². The largest absolute Gasteiger partial charge is 0.461 e. The number of esters is 1. The number of ether oxygens (including phenoxy) is 1. The van der Waals surface area contributed by atoms with E-state index in [4.69, 9.17) is 4.74 Å². The minimum Gasteiger partial charge on any atom is -0.461 e. The van der Waals surface area contributed by atoms with Crippen LogP contribution in [0.25, 0.3) is 0 Å². The zero-order valence-corrected chi connectivity index (χ0v) is 15.2. The Hall–Kier alpha value is -2.13. The summed E-state index contributed by atoms with van der Waals surface area (Å²) in [5, 5.41) is 0. The van der Waals surface area contributed by atoms with Crippen molar-refractivity contribution in [1.29, 1.82) is 0 Å². The van der Waals surface area contributed by atoms with Gasteiger partial charge in [-0.2, -0.15) is 26.3 Å². The minimum absolute atomic E-state index is 0.132. The lowest BCUT2D eigenvalue weighted by Crippen LogP contribution is -2.19. The first-order chi connectivity index (χ1) is 13.1. The highest BCUT2D eigenvalue weighted by Crippen LogP contribution is 2.62. The molecule has 160 valence electrons. The number of benzene rings is 1. The quantitative estimate of drug-likeness (QED) is 0.334. The molecule has 0 saturated heterocycles. The van der Waals surface area contributed by atoms with Gasteiger partial charge in [-0.1, -0.05) is 26.0 Å². The zero-order chi connectivity index (χ0) is 22.0. The van der Waals surface area contributed by atoms with Gasteiger partial charge in [-0.25, -0.2) is 8.78 Å². The van der Waals surface area contributed by atoms with E-state index in [0.717, 1.165) is 0 Å². The lowest BCUT2D eigenvalue weighted by atomic mass is 10.0. The molecule has 0 aliphatic heterocycles. The third kappa shape index (κ3) is 4.11. The van der Waals surface area contributed by atoms with Gasteiger partial charge in [0.2, 0.25) is 0 Å². The molecule has 1 aromatic rings. The first kappa shape index (κ1) is 21.6. The van der Waals surface area contributed by atoms with Crippen molar-refractivity contribution in [3.05, 3.63) is 46.5 Å². The van der Waals surface area contributed by atoms with Crippen molar-refractivity contribution < 1.29 is 44.7 Å². The molecule has 0 bridgehead atoms. The van der Waals surface area contributed by atoms with Gasteiger partial charge in [-0.3, -0.25) is 4.79 Å². The summed E-state index contributed by atoms with van der Waals surface area (Å²) in [6, 6.07) is 1.57. The molecule has 0 amide bonds. The van der Waals surface area contributed by atoms with E-state index in [-0.39, 0.29) is 5.57 Å². The number of rotatable bonds is 4. The SMILES string of the molecule is CC1(C)C(C=C2CC2(F)F)C1C(=O)OCc1c(C(F)(F)F)cccc1C(F)(F)F. The molecule has 2 fully saturated rings. The summed E-state index contributed by atoms with van der Waals surface area (Å²) < 4.78 is 110. The lowest BCUT2D eigenvalue weighted by Gasteiger charge is -2.18. The van der Waals surface area contributed by atoms with Crippen molar-refractivity contribution in [2.75, 3.05) is 0 Å². The van der Waals surface area contributed by atoms with E-state index in [2.05, 4.69) is 0 Å². The minimum atomic E-state index is -5.08. The molecule has 2 unspecified atom stereocenters. The topological polar surface area (TPSA) is 26.3 Å². The zero-order valence-electron chi connectivity index (χ0n) is 15.2. The van der Waals surface area contributed by atoms with Crippen LogP contribution in [-0.4, -0.2) is 11.9 Å². The second-order valence-electron chi connectivity index (χ2n) is 7.83. The van der Waals surface area contributed by atoms with Crippen LogP contribution in [0.4, 0.5) is 35.1 Å². The number of alkyl halides is 8. The predicted octanol–water partition coefficient (Wildman–Crippen LogP) is 6.01.